The first-order valence-electron chi connectivity index (χ1n) is 7.38. The molecule has 2 aromatic carbocycles. The third-order valence-electron chi connectivity index (χ3n) is 3.47. The van der Waals surface area contributed by atoms with E-state index in [0.717, 1.165) is 36.6 Å². The summed E-state index contributed by atoms with van der Waals surface area (Å²) in [6.07, 6.45) is 1.15. The normalized spacial score (nSPS) is 15.0. The summed E-state index contributed by atoms with van der Waals surface area (Å²) in [5.74, 6) is 1.33. The number of hydrazine groups is 1. The van der Waals surface area contributed by atoms with Gasteiger partial charge in [-0.05, 0) is 48.4 Å². The zero-order chi connectivity index (χ0) is 15.2. The summed E-state index contributed by atoms with van der Waals surface area (Å²) in [5, 5.41) is 2.05. The van der Waals surface area contributed by atoms with Crippen LogP contribution in [0.3, 0.4) is 0 Å². The zero-order valence-electron chi connectivity index (χ0n) is 12.3. The molecule has 0 unspecified atom stereocenters. The summed E-state index contributed by atoms with van der Waals surface area (Å²) < 4.78 is 24.2. The molecule has 22 heavy (non-hydrogen) atoms. The van der Waals surface area contributed by atoms with E-state index in [1.165, 1.54) is 12.1 Å². The van der Waals surface area contributed by atoms with E-state index < -0.39 is 0 Å². The van der Waals surface area contributed by atoms with Crippen molar-refractivity contribution in [3.63, 3.8) is 0 Å². The lowest BCUT2D eigenvalue weighted by atomic mass is 10.2. The molecular formula is C17H19FN2O2. The summed E-state index contributed by atoms with van der Waals surface area (Å²) in [5.41, 5.74) is 4.17. The first-order chi connectivity index (χ1) is 10.8. The van der Waals surface area contributed by atoms with Crippen molar-refractivity contribution in [2.45, 2.75) is 13.0 Å². The van der Waals surface area contributed by atoms with E-state index in [9.17, 15) is 4.39 Å². The quantitative estimate of drug-likeness (QED) is 0.889. The second-order valence-corrected chi connectivity index (χ2v) is 5.19. The van der Waals surface area contributed by atoms with Crippen LogP contribution in [0.2, 0.25) is 0 Å². The molecule has 0 bridgehead atoms. The lowest BCUT2D eigenvalue weighted by Gasteiger charge is -2.16. The van der Waals surface area contributed by atoms with Crippen LogP contribution in [0.5, 0.6) is 11.5 Å². The van der Waals surface area contributed by atoms with Crippen molar-refractivity contribution in [1.29, 1.82) is 0 Å². The fraction of sp³-hybridized carbons (Fsp3) is 0.294. The van der Waals surface area contributed by atoms with Crippen molar-refractivity contribution < 1.29 is 13.9 Å². The monoisotopic (exact) mass is 302 g/mol. The minimum atomic E-state index is -0.238. The molecule has 0 atom stereocenters. The van der Waals surface area contributed by atoms with E-state index in [-0.39, 0.29) is 5.82 Å². The van der Waals surface area contributed by atoms with Gasteiger partial charge in [-0.3, -0.25) is 5.43 Å². The van der Waals surface area contributed by atoms with E-state index in [2.05, 4.69) is 10.4 Å². The number of hydrogen-bond donors (Lipinski definition) is 1. The van der Waals surface area contributed by atoms with Gasteiger partial charge in [-0.2, -0.15) is 0 Å². The molecular weight excluding hydrogens is 283 g/mol. The molecule has 1 N–H and O–H groups in total. The van der Waals surface area contributed by atoms with Gasteiger partial charge in [0.1, 0.15) is 23.9 Å². The van der Waals surface area contributed by atoms with Gasteiger partial charge in [0.15, 0.2) is 6.73 Å². The predicted octanol–water partition coefficient (Wildman–Crippen LogP) is 2.95. The van der Waals surface area contributed by atoms with Crippen LogP contribution in [0.25, 0.3) is 0 Å². The molecule has 1 heterocycles. The fourth-order valence-corrected chi connectivity index (χ4v) is 2.23. The van der Waals surface area contributed by atoms with Crippen molar-refractivity contribution in [1.82, 2.24) is 10.4 Å². The highest BCUT2D eigenvalue weighted by Gasteiger charge is 2.10. The number of hydrogen-bond acceptors (Lipinski definition) is 4. The van der Waals surface area contributed by atoms with Crippen molar-refractivity contribution in [3.8, 4) is 11.5 Å². The maximum atomic E-state index is 12.8. The molecule has 1 fully saturated rings. The van der Waals surface area contributed by atoms with E-state index in [1.807, 2.05) is 24.3 Å². The highest BCUT2D eigenvalue weighted by Crippen LogP contribution is 2.19. The largest absolute Gasteiger partial charge is 0.489 e. The van der Waals surface area contributed by atoms with Crippen molar-refractivity contribution in [3.05, 3.63) is 59.9 Å². The Bertz CT molecular complexity index is 581. The smallest absolute Gasteiger partial charge is 0.154 e. The Morgan fingerprint density at radius 1 is 0.955 bits per heavy atom. The topological polar surface area (TPSA) is 33.7 Å². The minimum Gasteiger partial charge on any atom is -0.489 e. The lowest BCUT2D eigenvalue weighted by molar-refractivity contribution is 0.110. The molecule has 2 aromatic rings. The maximum absolute atomic E-state index is 12.8. The Hall–Kier alpha value is -2.11. The minimum absolute atomic E-state index is 0.238. The van der Waals surface area contributed by atoms with Crippen LogP contribution in [0.4, 0.5) is 4.39 Å². The number of ether oxygens (including phenoxy) is 2. The van der Waals surface area contributed by atoms with Gasteiger partial charge in [-0.25, -0.2) is 9.40 Å². The summed E-state index contributed by atoms with van der Waals surface area (Å²) in [4.78, 5) is 0. The molecule has 1 saturated heterocycles. The van der Waals surface area contributed by atoms with Crippen LogP contribution < -0.4 is 14.9 Å². The van der Waals surface area contributed by atoms with E-state index in [0.29, 0.717) is 13.3 Å². The van der Waals surface area contributed by atoms with Gasteiger partial charge >= 0.3 is 0 Å². The van der Waals surface area contributed by atoms with Gasteiger partial charge in [0.2, 0.25) is 0 Å². The summed E-state index contributed by atoms with van der Waals surface area (Å²) in [6.45, 7) is 2.98. The molecule has 0 aliphatic carbocycles. The molecule has 1 aliphatic rings. The average Bonchev–Trinajstić information content (AvgIpc) is 3.07. The molecule has 1 aliphatic heterocycles. The summed E-state index contributed by atoms with van der Waals surface area (Å²) >= 11 is 0. The third kappa shape index (κ3) is 4.19. The van der Waals surface area contributed by atoms with Crippen LogP contribution in [0.1, 0.15) is 12.0 Å². The van der Waals surface area contributed by atoms with Crippen LogP contribution in [-0.4, -0.2) is 24.8 Å². The molecule has 0 aromatic heterocycles. The number of benzene rings is 2. The lowest BCUT2D eigenvalue weighted by Crippen LogP contribution is -2.34. The summed E-state index contributed by atoms with van der Waals surface area (Å²) in [7, 11) is 0. The second-order valence-electron chi connectivity index (χ2n) is 5.19. The van der Waals surface area contributed by atoms with Gasteiger partial charge in [-0.15, -0.1) is 0 Å². The predicted molar refractivity (Wildman–Crippen MR) is 82.0 cm³/mol. The highest BCUT2D eigenvalue weighted by molar-refractivity contribution is 5.31. The Labute approximate surface area is 129 Å². The molecule has 0 spiro atoms. The van der Waals surface area contributed by atoms with Gasteiger partial charge < -0.3 is 9.47 Å². The SMILES string of the molecule is Fc1ccc(COc2ccc(OCN3CCCN3)cc2)cc1. The van der Waals surface area contributed by atoms with E-state index >= 15 is 0 Å². The highest BCUT2D eigenvalue weighted by atomic mass is 19.1. The Morgan fingerprint density at radius 3 is 2.27 bits per heavy atom. The average molecular weight is 302 g/mol. The zero-order valence-corrected chi connectivity index (χ0v) is 12.3. The number of halogens is 1. The van der Waals surface area contributed by atoms with E-state index in [4.69, 9.17) is 9.47 Å². The van der Waals surface area contributed by atoms with Gasteiger partial charge in [0, 0.05) is 13.1 Å². The van der Waals surface area contributed by atoms with Crippen molar-refractivity contribution in [2.75, 3.05) is 19.8 Å². The summed E-state index contributed by atoms with van der Waals surface area (Å²) in [6, 6.07) is 13.8. The third-order valence-corrected chi connectivity index (χ3v) is 3.47. The van der Waals surface area contributed by atoms with Crippen LogP contribution >= 0.6 is 0 Å². The van der Waals surface area contributed by atoms with Gasteiger partial charge in [0.25, 0.3) is 0 Å². The van der Waals surface area contributed by atoms with E-state index in [1.54, 1.807) is 12.1 Å². The number of nitrogens with one attached hydrogen (secondary N) is 1. The van der Waals surface area contributed by atoms with Crippen LogP contribution in [0, 0.1) is 5.82 Å². The van der Waals surface area contributed by atoms with Crippen LogP contribution in [0.15, 0.2) is 48.5 Å². The Balaban J connectivity index is 1.47. The molecule has 0 saturated carbocycles. The number of rotatable bonds is 6. The molecule has 4 nitrogen and oxygen atoms in total. The molecule has 116 valence electrons. The van der Waals surface area contributed by atoms with Crippen LogP contribution in [-0.2, 0) is 6.61 Å². The van der Waals surface area contributed by atoms with Gasteiger partial charge in [-0.1, -0.05) is 12.1 Å². The standard InChI is InChI=1S/C17H19FN2O2/c18-15-4-2-14(3-5-15)12-21-16-6-8-17(9-7-16)22-13-20-11-1-10-19-20/h2-9,19H,1,10-13H2. The molecule has 5 heteroatoms. The maximum Gasteiger partial charge on any atom is 0.154 e. The first kappa shape index (κ1) is 14.8. The Morgan fingerprint density at radius 2 is 1.64 bits per heavy atom. The first-order valence-corrected chi connectivity index (χ1v) is 7.38. The molecule has 3 rings (SSSR count). The second kappa shape index (κ2) is 7.24. The van der Waals surface area contributed by atoms with Gasteiger partial charge in [0.05, 0.1) is 0 Å². The molecule has 0 radical (unpaired) electrons. The molecule has 0 amide bonds. The van der Waals surface area contributed by atoms with Crippen molar-refractivity contribution in [2.24, 2.45) is 0 Å². The van der Waals surface area contributed by atoms with Crippen molar-refractivity contribution >= 4 is 0 Å². The number of nitrogens with zero attached hydrogens (tertiary/aromatic N) is 1. The fourth-order valence-electron chi connectivity index (χ4n) is 2.23. The Kier molecular flexibility index (Phi) is 4.88.